The van der Waals surface area contributed by atoms with Crippen LogP contribution >= 0.6 is 11.3 Å². The molecular weight excluding hydrogens is 372 g/mol. The van der Waals surface area contributed by atoms with Crippen LogP contribution in [0.25, 0.3) is 10.2 Å². The molecule has 3 rings (SSSR count). The van der Waals surface area contributed by atoms with Crippen molar-refractivity contribution >= 4 is 38.5 Å². The quantitative estimate of drug-likeness (QED) is 0.530. The largest absolute Gasteiger partial charge is 0.350 e. The van der Waals surface area contributed by atoms with Crippen molar-refractivity contribution in [3.8, 4) is 0 Å². The van der Waals surface area contributed by atoms with Gasteiger partial charge in [-0.25, -0.2) is 4.98 Å². The molecular formula is C21H24N4O2S. The zero-order valence-electron chi connectivity index (χ0n) is 15.9. The molecule has 3 N–H and O–H groups in total. The zero-order chi connectivity index (χ0) is 19.9. The van der Waals surface area contributed by atoms with Crippen LogP contribution in [0.3, 0.4) is 0 Å². The summed E-state index contributed by atoms with van der Waals surface area (Å²) < 4.78 is 1.05. The number of amides is 2. The molecule has 0 saturated heterocycles. The molecule has 0 aliphatic carbocycles. The Morgan fingerprint density at radius 2 is 1.68 bits per heavy atom. The molecule has 28 heavy (non-hydrogen) atoms. The highest BCUT2D eigenvalue weighted by Gasteiger charge is 2.21. The third-order valence-corrected chi connectivity index (χ3v) is 5.40. The lowest BCUT2D eigenvalue weighted by Gasteiger charge is -2.18. The summed E-state index contributed by atoms with van der Waals surface area (Å²) in [7, 11) is 0. The van der Waals surface area contributed by atoms with E-state index in [1.54, 1.807) is 6.92 Å². The Morgan fingerprint density at radius 3 is 2.39 bits per heavy atom. The van der Waals surface area contributed by atoms with Crippen molar-refractivity contribution in [3.05, 3.63) is 60.2 Å². The molecule has 0 aliphatic heterocycles. The second kappa shape index (κ2) is 9.32. The van der Waals surface area contributed by atoms with Crippen LogP contribution in [0.4, 0.5) is 5.13 Å². The predicted octanol–water partition coefficient (Wildman–Crippen LogP) is 3.83. The Bertz CT molecular complexity index is 909. The average Bonchev–Trinajstić information content (AvgIpc) is 3.12. The van der Waals surface area contributed by atoms with E-state index in [4.69, 9.17) is 0 Å². The van der Waals surface area contributed by atoms with Gasteiger partial charge in [0.05, 0.1) is 16.1 Å². The highest BCUT2D eigenvalue weighted by Crippen LogP contribution is 2.25. The Kier molecular flexibility index (Phi) is 6.60. The summed E-state index contributed by atoms with van der Waals surface area (Å²) in [5, 5.41) is 3.75. The highest BCUT2D eigenvalue weighted by molar-refractivity contribution is 7.22. The van der Waals surface area contributed by atoms with Gasteiger partial charge in [-0.3, -0.25) is 20.4 Å². The van der Waals surface area contributed by atoms with Gasteiger partial charge in [0.2, 0.25) is 5.91 Å². The Balaban J connectivity index is 1.56. The first kappa shape index (κ1) is 19.8. The fourth-order valence-electron chi connectivity index (χ4n) is 2.93. The van der Waals surface area contributed by atoms with Crippen molar-refractivity contribution in [3.63, 3.8) is 0 Å². The number of hydrazine groups is 1. The summed E-state index contributed by atoms with van der Waals surface area (Å²) in [5.74, 6) is -0.830. The smallest absolute Gasteiger partial charge is 0.260 e. The lowest BCUT2D eigenvalue weighted by atomic mass is 9.94. The van der Waals surface area contributed by atoms with Crippen molar-refractivity contribution < 1.29 is 9.59 Å². The van der Waals surface area contributed by atoms with E-state index in [9.17, 15) is 9.59 Å². The fourth-order valence-corrected chi connectivity index (χ4v) is 3.88. The van der Waals surface area contributed by atoms with Crippen LogP contribution in [0.2, 0.25) is 0 Å². The standard InChI is InChI=1S/C21H24N4O2S/c1-3-9-16(15-10-5-4-6-11-15)20(27)25-24-19(26)14(2)22-21-23-17-12-7-8-13-18(17)28-21/h4-8,10-14,16H,3,9H2,1-2H3,(H,22,23)(H,24,26)(H,25,27)/t14-,16+/m0/s1. The minimum atomic E-state index is -0.540. The highest BCUT2D eigenvalue weighted by atomic mass is 32.1. The van der Waals surface area contributed by atoms with Crippen molar-refractivity contribution in [1.82, 2.24) is 15.8 Å². The fraction of sp³-hybridized carbons (Fsp3) is 0.286. The van der Waals surface area contributed by atoms with E-state index in [2.05, 4.69) is 21.2 Å². The van der Waals surface area contributed by atoms with Gasteiger partial charge in [0.1, 0.15) is 6.04 Å². The Hall–Kier alpha value is -2.93. The van der Waals surface area contributed by atoms with Crippen LogP contribution in [-0.2, 0) is 9.59 Å². The molecule has 0 saturated carbocycles. The molecule has 0 spiro atoms. The van der Waals surface area contributed by atoms with E-state index in [1.165, 1.54) is 11.3 Å². The van der Waals surface area contributed by atoms with Gasteiger partial charge in [0, 0.05) is 0 Å². The third kappa shape index (κ3) is 4.86. The maximum absolute atomic E-state index is 12.6. The van der Waals surface area contributed by atoms with Gasteiger partial charge in [-0.1, -0.05) is 67.1 Å². The number of benzene rings is 2. The molecule has 1 heterocycles. The number of carbonyl (C=O) groups excluding carboxylic acids is 2. The first-order valence-electron chi connectivity index (χ1n) is 9.35. The van der Waals surface area contributed by atoms with Gasteiger partial charge in [-0.05, 0) is 31.0 Å². The molecule has 0 aliphatic rings. The number of anilines is 1. The van der Waals surface area contributed by atoms with Crippen LogP contribution < -0.4 is 16.2 Å². The monoisotopic (exact) mass is 396 g/mol. The lowest BCUT2D eigenvalue weighted by Crippen LogP contribution is -2.49. The number of thiazole rings is 1. The van der Waals surface area contributed by atoms with Crippen molar-refractivity contribution in [2.75, 3.05) is 5.32 Å². The molecule has 1 aromatic heterocycles. The van der Waals surface area contributed by atoms with Crippen molar-refractivity contribution in [2.45, 2.75) is 38.6 Å². The Morgan fingerprint density at radius 1 is 1.00 bits per heavy atom. The maximum atomic E-state index is 12.6. The molecule has 6 nitrogen and oxygen atoms in total. The van der Waals surface area contributed by atoms with Crippen molar-refractivity contribution in [2.24, 2.45) is 0 Å². The molecule has 0 radical (unpaired) electrons. The number of fused-ring (bicyclic) bond motifs is 1. The number of nitrogens with zero attached hydrogens (tertiary/aromatic N) is 1. The minimum absolute atomic E-state index is 0.214. The predicted molar refractivity (Wildman–Crippen MR) is 113 cm³/mol. The second-order valence-electron chi connectivity index (χ2n) is 6.58. The summed E-state index contributed by atoms with van der Waals surface area (Å²) in [6, 6.07) is 16.9. The third-order valence-electron chi connectivity index (χ3n) is 4.43. The first-order valence-corrected chi connectivity index (χ1v) is 10.2. The van der Waals surface area contributed by atoms with Gasteiger partial charge in [-0.15, -0.1) is 0 Å². The number of nitrogens with one attached hydrogen (secondary N) is 3. The van der Waals surface area contributed by atoms with Gasteiger partial charge in [0.25, 0.3) is 5.91 Å². The molecule has 2 amide bonds. The molecule has 2 atom stereocenters. The van der Waals surface area contributed by atoms with Crippen molar-refractivity contribution in [1.29, 1.82) is 0 Å². The number of hydrogen-bond donors (Lipinski definition) is 3. The van der Waals surface area contributed by atoms with E-state index < -0.39 is 6.04 Å². The second-order valence-corrected chi connectivity index (χ2v) is 7.61. The minimum Gasteiger partial charge on any atom is -0.350 e. The Labute approximate surface area is 168 Å². The number of aromatic nitrogens is 1. The van der Waals surface area contributed by atoms with Crippen LogP contribution in [0.5, 0.6) is 0 Å². The van der Waals surface area contributed by atoms with Crippen LogP contribution in [0, 0.1) is 0 Å². The SMILES string of the molecule is CCC[C@@H](C(=O)NNC(=O)[C@H](C)Nc1nc2ccccc2s1)c1ccccc1. The van der Waals surface area contributed by atoms with Crippen LogP contribution in [0.1, 0.15) is 38.2 Å². The summed E-state index contributed by atoms with van der Waals surface area (Å²) in [6.07, 6.45) is 1.59. The number of para-hydroxylation sites is 1. The van der Waals surface area contributed by atoms with Gasteiger partial charge >= 0.3 is 0 Å². The van der Waals surface area contributed by atoms with E-state index in [-0.39, 0.29) is 17.7 Å². The molecule has 7 heteroatoms. The molecule has 2 aromatic carbocycles. The van der Waals surface area contributed by atoms with Gasteiger partial charge < -0.3 is 5.32 Å². The summed E-state index contributed by atoms with van der Waals surface area (Å²) in [6.45, 7) is 3.76. The first-order chi connectivity index (χ1) is 13.6. The molecule has 0 unspecified atom stereocenters. The lowest BCUT2D eigenvalue weighted by molar-refractivity contribution is -0.130. The number of rotatable bonds is 7. The van der Waals surface area contributed by atoms with Crippen LogP contribution in [0.15, 0.2) is 54.6 Å². The number of hydrogen-bond acceptors (Lipinski definition) is 5. The maximum Gasteiger partial charge on any atom is 0.260 e. The molecule has 3 aromatic rings. The molecule has 146 valence electrons. The van der Waals surface area contributed by atoms with E-state index in [0.717, 1.165) is 22.2 Å². The topological polar surface area (TPSA) is 83.1 Å². The number of carbonyl (C=O) groups is 2. The van der Waals surface area contributed by atoms with E-state index >= 15 is 0 Å². The van der Waals surface area contributed by atoms with E-state index in [1.807, 2.05) is 61.5 Å². The average molecular weight is 397 g/mol. The van der Waals surface area contributed by atoms with Crippen LogP contribution in [-0.4, -0.2) is 22.8 Å². The molecule has 0 bridgehead atoms. The summed E-state index contributed by atoms with van der Waals surface area (Å²) in [5.41, 5.74) is 6.92. The van der Waals surface area contributed by atoms with E-state index in [0.29, 0.717) is 11.6 Å². The summed E-state index contributed by atoms with van der Waals surface area (Å²) in [4.78, 5) is 29.4. The normalized spacial score (nSPS) is 12.9. The summed E-state index contributed by atoms with van der Waals surface area (Å²) >= 11 is 1.49. The van der Waals surface area contributed by atoms with Gasteiger partial charge in [0.15, 0.2) is 5.13 Å². The van der Waals surface area contributed by atoms with Gasteiger partial charge in [-0.2, -0.15) is 0 Å². The molecule has 0 fully saturated rings. The zero-order valence-corrected chi connectivity index (χ0v) is 16.8.